The van der Waals surface area contributed by atoms with Gasteiger partial charge in [0.25, 0.3) is 12.0 Å². The van der Waals surface area contributed by atoms with Crippen LogP contribution in [0.4, 0.5) is 0 Å². The Morgan fingerprint density at radius 3 is 2.64 bits per heavy atom. The van der Waals surface area contributed by atoms with Gasteiger partial charge in [-0.3, -0.25) is 9.59 Å². The number of benzene rings is 1. The van der Waals surface area contributed by atoms with Gasteiger partial charge in [0.2, 0.25) is 0 Å². The smallest absolute Gasteiger partial charge is 0.290 e. The monoisotopic (exact) mass is 192 g/mol. The first-order chi connectivity index (χ1) is 6.79. The number of aromatic amines is 1. The molecule has 0 atom stereocenters. The lowest BCUT2D eigenvalue weighted by Gasteiger charge is -1.91. The molecular formula is C9H8N2O3. The number of hydrogen-bond acceptors (Lipinski definition) is 3. The molecule has 2 aromatic rings. The predicted molar refractivity (Wildman–Crippen MR) is 51.1 cm³/mol. The summed E-state index contributed by atoms with van der Waals surface area (Å²) < 4.78 is 0. The van der Waals surface area contributed by atoms with Gasteiger partial charge in [-0.15, -0.1) is 0 Å². The highest BCUT2D eigenvalue weighted by Gasteiger charge is 1.94. The molecule has 0 bridgehead atoms. The Morgan fingerprint density at radius 2 is 2.00 bits per heavy atom. The maximum Gasteiger partial charge on any atom is 0.290 e. The number of carboxylic acid groups (broad SMARTS) is 1. The van der Waals surface area contributed by atoms with Crippen molar-refractivity contribution in [1.82, 2.24) is 9.97 Å². The first-order valence-electron chi connectivity index (χ1n) is 3.80. The summed E-state index contributed by atoms with van der Waals surface area (Å²) >= 11 is 0. The molecule has 0 radical (unpaired) electrons. The van der Waals surface area contributed by atoms with E-state index in [1.807, 2.05) is 18.2 Å². The highest BCUT2D eigenvalue weighted by Crippen LogP contribution is 2.02. The van der Waals surface area contributed by atoms with Crippen LogP contribution >= 0.6 is 0 Å². The van der Waals surface area contributed by atoms with Crippen molar-refractivity contribution >= 4 is 17.4 Å². The summed E-state index contributed by atoms with van der Waals surface area (Å²) in [5.41, 5.74) is 0.645. The van der Waals surface area contributed by atoms with Crippen LogP contribution in [0.1, 0.15) is 0 Å². The van der Waals surface area contributed by atoms with Gasteiger partial charge in [-0.2, -0.15) is 0 Å². The normalized spacial score (nSPS) is 8.86. The van der Waals surface area contributed by atoms with E-state index >= 15 is 0 Å². The average Bonchev–Trinajstić information content (AvgIpc) is 2.20. The van der Waals surface area contributed by atoms with E-state index in [0.29, 0.717) is 5.39 Å². The van der Waals surface area contributed by atoms with Crippen LogP contribution in [0.5, 0.6) is 0 Å². The summed E-state index contributed by atoms with van der Waals surface area (Å²) in [6, 6.07) is 7.24. The zero-order valence-corrected chi connectivity index (χ0v) is 7.18. The van der Waals surface area contributed by atoms with E-state index in [-0.39, 0.29) is 12.0 Å². The van der Waals surface area contributed by atoms with E-state index in [1.54, 1.807) is 6.07 Å². The number of aromatic nitrogens is 2. The number of para-hydroxylation sites is 1. The highest BCUT2D eigenvalue weighted by molar-refractivity contribution is 5.76. The Kier molecular flexibility index (Phi) is 3.37. The summed E-state index contributed by atoms with van der Waals surface area (Å²) in [6.07, 6.45) is 1.41. The summed E-state index contributed by atoms with van der Waals surface area (Å²) in [5, 5.41) is 7.52. The quantitative estimate of drug-likeness (QED) is 0.599. The van der Waals surface area contributed by atoms with Crippen molar-refractivity contribution in [2.45, 2.75) is 0 Å². The minimum Gasteiger partial charge on any atom is -0.483 e. The van der Waals surface area contributed by atoms with Crippen molar-refractivity contribution in [1.29, 1.82) is 0 Å². The zero-order chi connectivity index (χ0) is 10.4. The molecule has 1 aromatic heterocycles. The van der Waals surface area contributed by atoms with Gasteiger partial charge in [-0.25, -0.2) is 4.98 Å². The van der Waals surface area contributed by atoms with Gasteiger partial charge in [0.15, 0.2) is 0 Å². The minimum absolute atomic E-state index is 0.0874. The van der Waals surface area contributed by atoms with Crippen LogP contribution in [0.25, 0.3) is 10.9 Å². The molecule has 0 amide bonds. The van der Waals surface area contributed by atoms with Gasteiger partial charge in [0.1, 0.15) is 0 Å². The lowest BCUT2D eigenvalue weighted by atomic mass is 10.2. The largest absolute Gasteiger partial charge is 0.483 e. The molecule has 2 N–H and O–H groups in total. The third-order valence-corrected chi connectivity index (χ3v) is 1.55. The second-order valence-electron chi connectivity index (χ2n) is 2.35. The van der Waals surface area contributed by atoms with Crippen molar-refractivity contribution in [3.8, 4) is 0 Å². The molecule has 0 saturated carbocycles. The first kappa shape index (κ1) is 9.91. The highest BCUT2D eigenvalue weighted by atomic mass is 16.3. The van der Waals surface area contributed by atoms with Gasteiger partial charge in [-0.05, 0) is 12.1 Å². The van der Waals surface area contributed by atoms with E-state index in [0.717, 1.165) is 5.52 Å². The molecule has 72 valence electrons. The van der Waals surface area contributed by atoms with Crippen molar-refractivity contribution in [2.24, 2.45) is 0 Å². The van der Waals surface area contributed by atoms with E-state index in [2.05, 4.69) is 9.97 Å². The Labute approximate surface area is 79.0 Å². The molecular weight excluding hydrogens is 184 g/mol. The zero-order valence-electron chi connectivity index (χ0n) is 7.18. The maximum absolute atomic E-state index is 11.1. The number of H-pyrrole nitrogens is 1. The fourth-order valence-corrected chi connectivity index (χ4v) is 1.02. The van der Waals surface area contributed by atoms with Crippen molar-refractivity contribution in [2.75, 3.05) is 0 Å². The van der Waals surface area contributed by atoms with Gasteiger partial charge in [-0.1, -0.05) is 12.1 Å². The molecule has 0 aliphatic heterocycles. The molecule has 0 aliphatic rings. The average molecular weight is 192 g/mol. The Morgan fingerprint density at radius 1 is 1.36 bits per heavy atom. The van der Waals surface area contributed by atoms with Crippen molar-refractivity contribution in [3.63, 3.8) is 0 Å². The summed E-state index contributed by atoms with van der Waals surface area (Å²) in [5.74, 6) is 0. The van der Waals surface area contributed by atoms with Crippen LogP contribution < -0.4 is 5.56 Å². The number of nitrogens with zero attached hydrogens (tertiary/aromatic N) is 1. The third-order valence-electron chi connectivity index (χ3n) is 1.55. The minimum atomic E-state index is -0.250. The van der Waals surface area contributed by atoms with Crippen molar-refractivity contribution in [3.05, 3.63) is 40.9 Å². The second kappa shape index (κ2) is 4.76. The maximum atomic E-state index is 11.1. The Balaban J connectivity index is 0.000000293. The molecule has 1 aromatic carbocycles. The van der Waals surface area contributed by atoms with Crippen LogP contribution in [0, 0.1) is 0 Å². The van der Waals surface area contributed by atoms with E-state index in [9.17, 15) is 4.79 Å². The first-order valence-corrected chi connectivity index (χ1v) is 3.80. The molecule has 5 heteroatoms. The summed E-state index contributed by atoms with van der Waals surface area (Å²) in [4.78, 5) is 25.9. The number of rotatable bonds is 0. The molecule has 0 aliphatic carbocycles. The van der Waals surface area contributed by atoms with E-state index < -0.39 is 0 Å². The molecule has 1 heterocycles. The fourth-order valence-electron chi connectivity index (χ4n) is 1.02. The number of nitrogens with one attached hydrogen (secondary N) is 1. The molecule has 5 nitrogen and oxygen atoms in total. The second-order valence-corrected chi connectivity index (χ2v) is 2.35. The third kappa shape index (κ3) is 2.16. The molecule has 0 saturated heterocycles. The van der Waals surface area contributed by atoms with E-state index in [4.69, 9.17) is 9.90 Å². The number of fused-ring (bicyclic) bond motifs is 1. The number of hydrogen-bond donors (Lipinski definition) is 2. The molecule has 0 unspecified atom stereocenters. The lowest BCUT2D eigenvalue weighted by Crippen LogP contribution is -2.05. The topological polar surface area (TPSA) is 83.0 Å². The standard InChI is InChI=1S/C8H6N2O.CH2O2/c11-8-6-3-1-2-4-7(6)9-5-10-8;2-1-3/h1-5H,(H,9,10,11);1H,(H,2,3). The van der Waals surface area contributed by atoms with Crippen LogP contribution in [-0.2, 0) is 4.79 Å². The van der Waals surface area contributed by atoms with Gasteiger partial charge in [0, 0.05) is 0 Å². The number of carbonyl (C=O) groups is 1. The predicted octanol–water partition coefficient (Wildman–Crippen LogP) is 0.624. The molecule has 14 heavy (non-hydrogen) atoms. The lowest BCUT2D eigenvalue weighted by molar-refractivity contribution is -0.122. The van der Waals surface area contributed by atoms with Crippen LogP contribution in [-0.4, -0.2) is 21.5 Å². The van der Waals surface area contributed by atoms with E-state index in [1.165, 1.54) is 6.33 Å². The summed E-state index contributed by atoms with van der Waals surface area (Å²) in [7, 11) is 0. The molecule has 2 rings (SSSR count). The Hall–Kier alpha value is -2.17. The fraction of sp³-hybridized carbons (Fsp3) is 0. The van der Waals surface area contributed by atoms with Crippen LogP contribution in [0.15, 0.2) is 35.4 Å². The van der Waals surface area contributed by atoms with Crippen molar-refractivity contribution < 1.29 is 9.90 Å². The SMILES string of the molecule is O=CO.O=c1[nH]cnc2ccccc12. The van der Waals surface area contributed by atoms with Crippen LogP contribution in [0.3, 0.4) is 0 Å². The van der Waals surface area contributed by atoms with Gasteiger partial charge in [0.05, 0.1) is 17.2 Å². The molecule has 0 spiro atoms. The molecule has 0 fully saturated rings. The van der Waals surface area contributed by atoms with Gasteiger partial charge < -0.3 is 10.1 Å². The Bertz CT molecular complexity index is 473. The summed E-state index contributed by atoms with van der Waals surface area (Å²) in [6.45, 7) is -0.250. The van der Waals surface area contributed by atoms with Crippen LogP contribution in [0.2, 0.25) is 0 Å². The van der Waals surface area contributed by atoms with Gasteiger partial charge >= 0.3 is 0 Å².